The molecule has 0 radical (unpaired) electrons. The molecule has 1 atom stereocenters. The van der Waals surface area contributed by atoms with E-state index in [4.69, 9.17) is 4.74 Å². The Morgan fingerprint density at radius 3 is 2.61 bits per heavy atom. The van der Waals surface area contributed by atoms with Gasteiger partial charge in [0, 0.05) is 6.42 Å². The molecule has 0 fully saturated rings. The fraction of sp³-hybridized carbons (Fsp3) is 0.364. The molecule has 0 saturated carbocycles. The third-order valence-electron chi connectivity index (χ3n) is 2.26. The lowest BCUT2D eigenvalue weighted by atomic mass is 10.1. The molecule has 1 aromatic rings. The van der Waals surface area contributed by atoms with Crippen molar-refractivity contribution in [1.29, 1.82) is 0 Å². The normalized spacial score (nSPS) is 12.3. The molecule has 3 N–H and O–H groups in total. The van der Waals surface area contributed by atoms with Gasteiger partial charge in [0.1, 0.15) is 6.04 Å². The van der Waals surface area contributed by atoms with Gasteiger partial charge in [-0.3, -0.25) is 0 Å². The Balaban J connectivity index is 2.91. The van der Waals surface area contributed by atoms with Crippen molar-refractivity contribution in [1.82, 2.24) is 0 Å². The highest BCUT2D eigenvalue weighted by atomic mass is 19.3. The summed E-state index contributed by atoms with van der Waals surface area (Å²) < 4.78 is 33.5. The summed E-state index contributed by atoms with van der Waals surface area (Å²) in [6.45, 7) is -2.98. The molecule has 0 heterocycles. The molecule has 0 aromatic heterocycles. The quantitative estimate of drug-likeness (QED) is 0.726. The monoisotopic (exact) mass is 261 g/mol. The molecule has 7 heteroatoms. The second-order valence-corrected chi connectivity index (χ2v) is 3.58. The third-order valence-corrected chi connectivity index (χ3v) is 2.26. The van der Waals surface area contributed by atoms with E-state index in [1.807, 2.05) is 0 Å². The number of methoxy groups -OCH3 is 1. The first-order valence-electron chi connectivity index (χ1n) is 5.09. The van der Waals surface area contributed by atoms with Gasteiger partial charge in [-0.2, -0.15) is 8.78 Å². The summed E-state index contributed by atoms with van der Waals surface area (Å²) >= 11 is 0. The number of carboxylic acids is 1. The van der Waals surface area contributed by atoms with E-state index in [1.165, 1.54) is 19.2 Å². The zero-order valence-corrected chi connectivity index (χ0v) is 9.69. The summed E-state index contributed by atoms with van der Waals surface area (Å²) in [5.74, 6) is -1.30. The lowest BCUT2D eigenvalue weighted by Gasteiger charge is -2.13. The maximum Gasteiger partial charge on any atom is 0.387 e. The van der Waals surface area contributed by atoms with Crippen molar-refractivity contribution < 1.29 is 33.9 Å². The largest absolute Gasteiger partial charge is 0.544 e. The van der Waals surface area contributed by atoms with Crippen molar-refractivity contribution in [2.45, 2.75) is 19.1 Å². The highest BCUT2D eigenvalue weighted by Gasteiger charge is 2.14. The number of hydrogen-bond acceptors (Lipinski definition) is 4. The number of carbonyl (C=O) groups is 1. The first kappa shape index (κ1) is 14.2. The van der Waals surface area contributed by atoms with Gasteiger partial charge in [0.25, 0.3) is 0 Å². The lowest BCUT2D eigenvalue weighted by Crippen LogP contribution is -2.69. The smallest absolute Gasteiger partial charge is 0.387 e. The predicted molar refractivity (Wildman–Crippen MR) is 55.0 cm³/mol. The summed E-state index contributed by atoms with van der Waals surface area (Å²) in [5.41, 5.74) is 3.88. The number of halogens is 2. The van der Waals surface area contributed by atoms with Crippen LogP contribution in [0, 0.1) is 0 Å². The summed E-state index contributed by atoms with van der Waals surface area (Å²) in [4.78, 5) is 10.5. The molecule has 18 heavy (non-hydrogen) atoms. The molecule has 0 unspecified atom stereocenters. The minimum atomic E-state index is -2.98. The van der Waals surface area contributed by atoms with Crippen LogP contribution >= 0.6 is 0 Å². The Hall–Kier alpha value is -1.89. The Morgan fingerprint density at radius 1 is 1.44 bits per heavy atom. The van der Waals surface area contributed by atoms with E-state index in [0.717, 1.165) is 0 Å². The molecule has 0 amide bonds. The van der Waals surface area contributed by atoms with Crippen LogP contribution in [0.15, 0.2) is 18.2 Å². The number of rotatable bonds is 6. The van der Waals surface area contributed by atoms with E-state index in [1.54, 1.807) is 6.07 Å². The van der Waals surface area contributed by atoms with Gasteiger partial charge < -0.3 is 25.1 Å². The van der Waals surface area contributed by atoms with E-state index in [9.17, 15) is 18.7 Å². The summed E-state index contributed by atoms with van der Waals surface area (Å²) in [7, 11) is 1.32. The number of carboxylic acid groups (broad SMARTS) is 1. The Kier molecular flexibility index (Phi) is 4.85. The molecule has 0 aliphatic rings. The topological polar surface area (TPSA) is 86.2 Å². The Labute approximate surface area is 102 Å². The summed E-state index contributed by atoms with van der Waals surface area (Å²) in [6.07, 6.45) is 0.0614. The van der Waals surface area contributed by atoms with Gasteiger partial charge in [-0.15, -0.1) is 0 Å². The van der Waals surface area contributed by atoms with Gasteiger partial charge in [0.15, 0.2) is 11.5 Å². The average Bonchev–Trinajstić information content (AvgIpc) is 2.28. The van der Waals surface area contributed by atoms with Gasteiger partial charge in [0.2, 0.25) is 0 Å². The van der Waals surface area contributed by atoms with Crippen LogP contribution in [-0.2, 0) is 11.2 Å². The lowest BCUT2D eigenvalue weighted by molar-refractivity contribution is -0.437. The number of ether oxygens (including phenoxy) is 2. The van der Waals surface area contributed by atoms with Crippen molar-refractivity contribution in [3.8, 4) is 11.5 Å². The molecule has 1 rings (SSSR count). The maximum absolute atomic E-state index is 12.2. The van der Waals surface area contributed by atoms with Crippen molar-refractivity contribution in [2.24, 2.45) is 0 Å². The van der Waals surface area contributed by atoms with Crippen LogP contribution in [0.2, 0.25) is 0 Å². The maximum atomic E-state index is 12.2. The molecular formula is C11H13F2NO4. The van der Waals surface area contributed by atoms with Gasteiger partial charge in [0.05, 0.1) is 13.1 Å². The van der Waals surface area contributed by atoms with E-state index in [-0.39, 0.29) is 17.9 Å². The fourth-order valence-corrected chi connectivity index (χ4v) is 1.40. The average molecular weight is 261 g/mol. The van der Waals surface area contributed by atoms with Gasteiger partial charge >= 0.3 is 6.61 Å². The van der Waals surface area contributed by atoms with E-state index < -0.39 is 18.6 Å². The summed E-state index contributed by atoms with van der Waals surface area (Å²) in [6, 6.07) is 3.32. The molecule has 0 saturated heterocycles. The second-order valence-electron chi connectivity index (χ2n) is 3.58. The molecule has 0 bridgehead atoms. The SMILES string of the molecule is COc1ccc(C[C@H]([NH3+])C(=O)[O-])cc1OC(F)F. The zero-order valence-electron chi connectivity index (χ0n) is 9.69. The van der Waals surface area contributed by atoms with Crippen LogP contribution in [0.3, 0.4) is 0 Å². The van der Waals surface area contributed by atoms with Crippen molar-refractivity contribution in [2.75, 3.05) is 7.11 Å². The number of aliphatic carboxylic acids is 1. The van der Waals surface area contributed by atoms with Gasteiger partial charge in [-0.05, 0) is 17.7 Å². The predicted octanol–water partition coefficient (Wildman–Crippen LogP) is -0.800. The fourth-order valence-electron chi connectivity index (χ4n) is 1.40. The highest BCUT2D eigenvalue weighted by Crippen LogP contribution is 2.29. The molecule has 100 valence electrons. The van der Waals surface area contributed by atoms with E-state index in [2.05, 4.69) is 10.5 Å². The third kappa shape index (κ3) is 3.85. The van der Waals surface area contributed by atoms with Crippen LogP contribution in [-0.4, -0.2) is 25.7 Å². The second kappa shape index (κ2) is 6.15. The van der Waals surface area contributed by atoms with E-state index in [0.29, 0.717) is 5.56 Å². The van der Waals surface area contributed by atoms with Crippen LogP contribution in [0.25, 0.3) is 0 Å². The van der Waals surface area contributed by atoms with Crippen molar-refractivity contribution >= 4 is 5.97 Å². The molecule has 1 aromatic carbocycles. The van der Waals surface area contributed by atoms with Gasteiger partial charge in [-0.25, -0.2) is 0 Å². The van der Waals surface area contributed by atoms with Crippen LogP contribution in [0.4, 0.5) is 8.78 Å². The van der Waals surface area contributed by atoms with Crippen molar-refractivity contribution in [3.63, 3.8) is 0 Å². The molecule has 0 aliphatic heterocycles. The van der Waals surface area contributed by atoms with E-state index >= 15 is 0 Å². The minimum Gasteiger partial charge on any atom is -0.544 e. The first-order chi connectivity index (χ1) is 8.43. The first-order valence-corrected chi connectivity index (χ1v) is 5.09. The number of hydrogen-bond donors (Lipinski definition) is 1. The molecule has 5 nitrogen and oxygen atoms in total. The van der Waals surface area contributed by atoms with Crippen LogP contribution in [0.1, 0.15) is 5.56 Å². The Morgan fingerprint density at radius 2 is 2.11 bits per heavy atom. The minimum absolute atomic E-state index is 0.0614. The zero-order chi connectivity index (χ0) is 13.7. The molecule has 0 spiro atoms. The van der Waals surface area contributed by atoms with Crippen molar-refractivity contribution in [3.05, 3.63) is 23.8 Å². The molecule has 0 aliphatic carbocycles. The standard InChI is InChI=1S/C11H13F2NO4/c1-17-8-3-2-6(4-7(14)10(15)16)5-9(8)18-11(12)13/h2-3,5,7,11H,4,14H2,1H3,(H,15,16)/t7-/m0/s1. The number of benzene rings is 1. The molecular weight excluding hydrogens is 248 g/mol. The highest BCUT2D eigenvalue weighted by molar-refractivity contribution is 5.69. The summed E-state index contributed by atoms with van der Waals surface area (Å²) in [5, 5.41) is 10.5. The van der Waals surface area contributed by atoms with Gasteiger partial charge in [-0.1, -0.05) is 6.07 Å². The van der Waals surface area contributed by atoms with Crippen LogP contribution < -0.4 is 20.3 Å². The number of carbonyl (C=O) groups excluding carboxylic acids is 1. The Bertz CT molecular complexity index is 426. The number of quaternary nitrogens is 1. The number of alkyl halides is 2. The van der Waals surface area contributed by atoms with Crippen LogP contribution in [0.5, 0.6) is 11.5 Å².